The number of ether oxygens (including phenoxy) is 1. The van der Waals surface area contributed by atoms with Crippen LogP contribution in [0.4, 0.5) is 0 Å². The third-order valence-corrected chi connectivity index (χ3v) is 3.82. The molecule has 1 atom stereocenters. The molecule has 120 valence electrons. The lowest BCUT2D eigenvalue weighted by molar-refractivity contribution is -0.127. The zero-order valence-corrected chi connectivity index (χ0v) is 13.4. The first kappa shape index (κ1) is 16.6. The Morgan fingerprint density at radius 3 is 2.77 bits per heavy atom. The summed E-state index contributed by atoms with van der Waals surface area (Å²) in [7, 11) is 0. The molecular weight excluding hydrogens is 304 g/mol. The van der Waals surface area contributed by atoms with E-state index in [1.165, 1.54) is 0 Å². The third-order valence-electron chi connectivity index (χ3n) is 3.57. The molecule has 0 bridgehead atoms. The maximum absolute atomic E-state index is 11.9. The average Bonchev–Trinajstić information content (AvgIpc) is 2.91. The molecule has 0 aromatic heterocycles. The summed E-state index contributed by atoms with van der Waals surface area (Å²) in [5.41, 5.74) is 0. The summed E-state index contributed by atoms with van der Waals surface area (Å²) in [6.45, 7) is 3.78. The molecule has 1 fully saturated rings. The first-order chi connectivity index (χ1) is 10.6. The smallest absolute Gasteiger partial charge is 0.260 e. The summed E-state index contributed by atoms with van der Waals surface area (Å²) in [6.07, 6.45) is 1.77. The Balaban J connectivity index is 1.65. The first-order valence-electron chi connectivity index (χ1n) is 7.54. The van der Waals surface area contributed by atoms with E-state index in [1.807, 2.05) is 4.90 Å². The van der Waals surface area contributed by atoms with Gasteiger partial charge in [-0.3, -0.25) is 9.59 Å². The molecule has 1 aromatic carbocycles. The van der Waals surface area contributed by atoms with Crippen LogP contribution in [0.15, 0.2) is 24.3 Å². The molecule has 0 spiro atoms. The first-order valence-corrected chi connectivity index (χ1v) is 7.92. The van der Waals surface area contributed by atoms with E-state index in [0.717, 1.165) is 19.4 Å². The lowest BCUT2D eigenvalue weighted by Crippen LogP contribution is -2.38. The molecule has 1 aromatic rings. The number of rotatable bonds is 7. The van der Waals surface area contributed by atoms with Crippen LogP contribution in [-0.4, -0.2) is 42.5 Å². The minimum absolute atomic E-state index is 0.164. The number of nitrogens with one attached hydrogen (secondary N) is 1. The average molecular weight is 325 g/mol. The van der Waals surface area contributed by atoms with Gasteiger partial charge in [-0.2, -0.15) is 0 Å². The van der Waals surface area contributed by atoms with Gasteiger partial charge in [0, 0.05) is 31.1 Å². The van der Waals surface area contributed by atoms with E-state index in [2.05, 4.69) is 5.32 Å². The van der Waals surface area contributed by atoms with Crippen LogP contribution in [-0.2, 0) is 9.59 Å². The predicted octanol–water partition coefficient (Wildman–Crippen LogP) is 2.24. The monoisotopic (exact) mass is 324 g/mol. The van der Waals surface area contributed by atoms with Crippen LogP contribution in [0.25, 0.3) is 0 Å². The molecule has 0 radical (unpaired) electrons. The minimum Gasteiger partial charge on any atom is -0.481 e. The summed E-state index contributed by atoms with van der Waals surface area (Å²) in [6, 6.07) is 6.89. The second-order valence-corrected chi connectivity index (χ2v) is 5.78. The molecule has 1 aliphatic rings. The van der Waals surface area contributed by atoms with Gasteiger partial charge >= 0.3 is 0 Å². The Morgan fingerprint density at radius 2 is 2.14 bits per heavy atom. The number of nitrogens with zero attached hydrogens (tertiary/aromatic N) is 1. The van der Waals surface area contributed by atoms with E-state index in [0.29, 0.717) is 30.3 Å². The van der Waals surface area contributed by atoms with Gasteiger partial charge in [-0.1, -0.05) is 11.6 Å². The second-order valence-electron chi connectivity index (χ2n) is 5.34. The van der Waals surface area contributed by atoms with Crippen LogP contribution < -0.4 is 10.1 Å². The van der Waals surface area contributed by atoms with E-state index in [9.17, 15) is 9.59 Å². The number of hydrogen-bond donors (Lipinski definition) is 1. The van der Waals surface area contributed by atoms with Gasteiger partial charge in [-0.25, -0.2) is 0 Å². The van der Waals surface area contributed by atoms with Crippen molar-refractivity contribution in [3.8, 4) is 5.75 Å². The maximum Gasteiger partial charge on any atom is 0.260 e. The van der Waals surface area contributed by atoms with Crippen LogP contribution in [0.5, 0.6) is 5.75 Å². The fourth-order valence-corrected chi connectivity index (χ4v) is 2.46. The van der Waals surface area contributed by atoms with Crippen molar-refractivity contribution in [2.75, 3.05) is 19.6 Å². The Hall–Kier alpha value is -1.75. The Morgan fingerprint density at radius 1 is 1.41 bits per heavy atom. The van der Waals surface area contributed by atoms with Crippen molar-refractivity contribution < 1.29 is 14.3 Å². The van der Waals surface area contributed by atoms with E-state index < -0.39 is 6.10 Å². The number of halogens is 1. The Kier molecular flexibility index (Phi) is 6.07. The third kappa shape index (κ3) is 4.91. The molecule has 1 unspecified atom stereocenters. The molecule has 22 heavy (non-hydrogen) atoms. The molecule has 6 heteroatoms. The molecular formula is C16H21ClN2O3. The highest BCUT2D eigenvalue weighted by Gasteiger charge is 2.19. The molecule has 0 aliphatic carbocycles. The van der Waals surface area contributed by atoms with Gasteiger partial charge in [0.15, 0.2) is 6.10 Å². The van der Waals surface area contributed by atoms with Gasteiger partial charge in [-0.15, -0.1) is 0 Å². The van der Waals surface area contributed by atoms with E-state index in [4.69, 9.17) is 16.3 Å². The minimum atomic E-state index is -0.574. The Labute approximate surface area is 135 Å². The van der Waals surface area contributed by atoms with Crippen molar-refractivity contribution in [3.63, 3.8) is 0 Å². The highest BCUT2D eigenvalue weighted by atomic mass is 35.5. The molecule has 1 saturated heterocycles. The number of benzene rings is 1. The molecule has 0 saturated carbocycles. The standard InChI is InChI=1S/C16H21ClN2O3/c1-12(22-14-7-5-13(17)6-8-14)16(21)18-9-3-11-19-10-2-4-15(19)20/h5-8,12H,2-4,9-11H2,1H3,(H,18,21). The van der Waals surface area contributed by atoms with Crippen molar-refractivity contribution in [2.45, 2.75) is 32.3 Å². The van der Waals surface area contributed by atoms with Crippen LogP contribution in [0, 0.1) is 0 Å². The van der Waals surface area contributed by atoms with E-state index in [-0.39, 0.29) is 11.8 Å². The van der Waals surface area contributed by atoms with Crippen LogP contribution >= 0.6 is 11.6 Å². The fourth-order valence-electron chi connectivity index (χ4n) is 2.34. The largest absolute Gasteiger partial charge is 0.481 e. The Bertz CT molecular complexity index is 519. The van der Waals surface area contributed by atoms with Gasteiger partial charge in [0.2, 0.25) is 5.91 Å². The second kappa shape index (κ2) is 8.03. The molecule has 1 aliphatic heterocycles. The molecule has 1 heterocycles. The van der Waals surface area contributed by atoms with Crippen molar-refractivity contribution in [2.24, 2.45) is 0 Å². The lowest BCUT2D eigenvalue weighted by Gasteiger charge is -2.17. The topological polar surface area (TPSA) is 58.6 Å². The highest BCUT2D eigenvalue weighted by Crippen LogP contribution is 2.16. The SMILES string of the molecule is CC(Oc1ccc(Cl)cc1)C(=O)NCCCN1CCCC1=O. The number of carbonyl (C=O) groups is 2. The van der Waals surface area contributed by atoms with Crippen LogP contribution in [0.2, 0.25) is 5.02 Å². The molecule has 2 amide bonds. The van der Waals surface area contributed by atoms with Crippen LogP contribution in [0.3, 0.4) is 0 Å². The molecule has 1 N–H and O–H groups in total. The van der Waals surface area contributed by atoms with E-state index in [1.54, 1.807) is 31.2 Å². The number of likely N-dealkylation sites (tertiary alicyclic amines) is 1. The molecule has 5 nitrogen and oxygen atoms in total. The van der Waals surface area contributed by atoms with E-state index >= 15 is 0 Å². The normalized spacial score (nSPS) is 15.7. The number of hydrogen-bond acceptors (Lipinski definition) is 3. The number of amides is 2. The summed E-state index contributed by atoms with van der Waals surface area (Å²) in [5, 5.41) is 3.45. The quantitative estimate of drug-likeness (QED) is 0.782. The van der Waals surface area contributed by atoms with Gasteiger partial charge in [0.05, 0.1) is 0 Å². The lowest BCUT2D eigenvalue weighted by atomic mass is 10.3. The maximum atomic E-state index is 11.9. The molecule has 2 rings (SSSR count). The van der Waals surface area contributed by atoms with Crippen molar-refractivity contribution in [3.05, 3.63) is 29.3 Å². The number of carbonyl (C=O) groups excluding carboxylic acids is 2. The van der Waals surface area contributed by atoms with Gasteiger partial charge in [0.1, 0.15) is 5.75 Å². The zero-order valence-electron chi connectivity index (χ0n) is 12.7. The summed E-state index contributed by atoms with van der Waals surface area (Å²) in [5.74, 6) is 0.656. The summed E-state index contributed by atoms with van der Waals surface area (Å²) in [4.78, 5) is 25.2. The predicted molar refractivity (Wildman–Crippen MR) is 85.0 cm³/mol. The van der Waals surface area contributed by atoms with Crippen molar-refractivity contribution >= 4 is 23.4 Å². The summed E-state index contributed by atoms with van der Waals surface area (Å²) >= 11 is 5.80. The fraction of sp³-hybridized carbons (Fsp3) is 0.500. The highest BCUT2D eigenvalue weighted by molar-refractivity contribution is 6.30. The summed E-state index contributed by atoms with van der Waals surface area (Å²) < 4.78 is 5.54. The zero-order chi connectivity index (χ0) is 15.9. The van der Waals surface area contributed by atoms with Crippen molar-refractivity contribution in [1.82, 2.24) is 10.2 Å². The van der Waals surface area contributed by atoms with Crippen molar-refractivity contribution in [1.29, 1.82) is 0 Å². The van der Waals surface area contributed by atoms with Gasteiger partial charge < -0.3 is 15.0 Å². The van der Waals surface area contributed by atoms with Gasteiger partial charge in [-0.05, 0) is 44.0 Å². The van der Waals surface area contributed by atoms with Crippen LogP contribution in [0.1, 0.15) is 26.2 Å². The van der Waals surface area contributed by atoms with Gasteiger partial charge in [0.25, 0.3) is 5.91 Å².